The third kappa shape index (κ3) is 4.23. The number of nitrogens with zero attached hydrogens (tertiary/aromatic N) is 2. The van der Waals surface area contributed by atoms with Gasteiger partial charge >= 0.3 is 0 Å². The molecule has 8 nitrogen and oxygen atoms in total. The van der Waals surface area contributed by atoms with Crippen LogP contribution in [0, 0.1) is 16.0 Å². The summed E-state index contributed by atoms with van der Waals surface area (Å²) in [6.07, 6.45) is 0.101. The van der Waals surface area contributed by atoms with Crippen molar-refractivity contribution in [3.63, 3.8) is 0 Å². The number of nitrogens with one attached hydrogen (secondary N) is 1. The number of hydrogen-bond acceptors (Lipinski definition) is 6. The molecule has 0 saturated carbocycles. The number of rotatable bonds is 6. The highest BCUT2D eigenvalue weighted by molar-refractivity contribution is 6.21. The quantitative estimate of drug-likeness (QED) is 0.343. The zero-order valence-electron chi connectivity index (χ0n) is 16.6. The minimum absolute atomic E-state index is 0.101. The molecule has 1 aliphatic rings. The lowest BCUT2D eigenvalue weighted by Gasteiger charge is -2.16. The Kier molecular flexibility index (Phi) is 5.36. The Morgan fingerprint density at radius 2 is 1.68 bits per heavy atom. The smallest absolute Gasteiger partial charge is 0.294 e. The second-order valence-electron chi connectivity index (χ2n) is 7.20. The van der Waals surface area contributed by atoms with Crippen LogP contribution in [-0.4, -0.2) is 16.7 Å². The van der Waals surface area contributed by atoms with E-state index < -0.39 is 10.8 Å². The normalized spacial score (nSPS) is 15.8. The van der Waals surface area contributed by atoms with E-state index >= 15 is 0 Å². The van der Waals surface area contributed by atoms with Gasteiger partial charge in [-0.05, 0) is 48.5 Å². The summed E-state index contributed by atoms with van der Waals surface area (Å²) in [5, 5.41) is 14.6. The molecule has 0 radical (unpaired) electrons. The molecule has 1 aliphatic heterocycles. The van der Waals surface area contributed by atoms with Crippen LogP contribution in [0.3, 0.4) is 0 Å². The summed E-state index contributed by atoms with van der Waals surface area (Å²) in [6, 6.07) is 20.6. The summed E-state index contributed by atoms with van der Waals surface area (Å²) in [4.78, 5) is 36.5. The van der Waals surface area contributed by atoms with Gasteiger partial charge in [-0.25, -0.2) is 0 Å². The van der Waals surface area contributed by atoms with Crippen molar-refractivity contribution in [1.29, 1.82) is 0 Å². The van der Waals surface area contributed by atoms with E-state index in [-0.39, 0.29) is 35.3 Å². The number of hydrogen-bond donors (Lipinski definition) is 1. The lowest BCUT2D eigenvalue weighted by Crippen LogP contribution is -2.30. The Hall–Kier alpha value is -4.20. The van der Waals surface area contributed by atoms with Crippen LogP contribution >= 0.6 is 0 Å². The molecule has 0 spiro atoms. The molecule has 0 aliphatic carbocycles. The fraction of sp³-hybridized carbons (Fsp3) is 0.130. The van der Waals surface area contributed by atoms with Gasteiger partial charge in [0.1, 0.15) is 17.2 Å². The number of benzene rings is 3. The number of anilines is 3. The number of para-hydroxylation sites is 1. The minimum atomic E-state index is -0.548. The fourth-order valence-corrected chi connectivity index (χ4v) is 3.36. The molecular formula is C23H19N3O5. The fourth-order valence-electron chi connectivity index (χ4n) is 3.36. The van der Waals surface area contributed by atoms with Crippen molar-refractivity contribution in [1.82, 2.24) is 0 Å². The standard InChI is InChI=1S/C23H19N3O5/c1-15-13-22(27)25(23(15)28)17-9-12-20(21(14-17)26(29)30)24-16-7-10-19(11-8-16)31-18-5-3-2-4-6-18/h2-12,14-15,24H,13H2,1H3/t15-/m0/s1. The molecule has 4 rings (SSSR count). The van der Waals surface area contributed by atoms with Crippen molar-refractivity contribution < 1.29 is 19.2 Å². The van der Waals surface area contributed by atoms with E-state index in [1.807, 2.05) is 30.3 Å². The van der Waals surface area contributed by atoms with Crippen molar-refractivity contribution in [3.05, 3.63) is 82.9 Å². The highest BCUT2D eigenvalue weighted by Crippen LogP contribution is 2.35. The molecule has 0 bridgehead atoms. The molecule has 1 heterocycles. The molecule has 8 heteroatoms. The van der Waals surface area contributed by atoms with Crippen LogP contribution < -0.4 is 15.0 Å². The molecule has 2 amide bonds. The van der Waals surface area contributed by atoms with Gasteiger partial charge in [0.15, 0.2) is 0 Å². The van der Waals surface area contributed by atoms with Gasteiger partial charge in [-0.15, -0.1) is 0 Å². The SMILES string of the molecule is C[C@H]1CC(=O)N(c2ccc(Nc3ccc(Oc4ccccc4)cc3)c([N+](=O)[O-])c2)C1=O. The second kappa shape index (κ2) is 8.27. The predicted molar refractivity (Wildman–Crippen MR) is 116 cm³/mol. The first kappa shape index (κ1) is 20.1. The largest absolute Gasteiger partial charge is 0.457 e. The monoisotopic (exact) mass is 417 g/mol. The molecule has 0 aromatic heterocycles. The number of carbonyl (C=O) groups excluding carboxylic acids is 2. The predicted octanol–water partition coefficient (Wildman–Crippen LogP) is 5.03. The van der Waals surface area contributed by atoms with Crippen LogP contribution in [0.25, 0.3) is 0 Å². The van der Waals surface area contributed by atoms with Gasteiger partial charge in [-0.2, -0.15) is 0 Å². The number of nitro benzene ring substituents is 1. The van der Waals surface area contributed by atoms with E-state index in [9.17, 15) is 19.7 Å². The van der Waals surface area contributed by atoms with E-state index in [0.717, 1.165) is 4.90 Å². The maximum atomic E-state index is 12.2. The number of amides is 2. The first-order valence-corrected chi connectivity index (χ1v) is 9.67. The average Bonchev–Trinajstić information content (AvgIpc) is 3.02. The summed E-state index contributed by atoms with van der Waals surface area (Å²) in [5.74, 6) is 0.188. The first-order valence-electron chi connectivity index (χ1n) is 9.67. The van der Waals surface area contributed by atoms with Crippen LogP contribution in [-0.2, 0) is 9.59 Å². The minimum Gasteiger partial charge on any atom is -0.457 e. The molecule has 3 aromatic rings. The third-order valence-electron chi connectivity index (χ3n) is 4.92. The molecule has 3 aromatic carbocycles. The van der Waals surface area contributed by atoms with Crippen LogP contribution in [0.15, 0.2) is 72.8 Å². The van der Waals surface area contributed by atoms with Gasteiger partial charge in [-0.1, -0.05) is 25.1 Å². The maximum absolute atomic E-state index is 12.2. The highest BCUT2D eigenvalue weighted by atomic mass is 16.6. The van der Waals surface area contributed by atoms with Crippen LogP contribution in [0.1, 0.15) is 13.3 Å². The Labute approximate surface area is 178 Å². The Balaban J connectivity index is 1.55. The number of imide groups is 1. The van der Waals surface area contributed by atoms with Gasteiger partial charge in [0, 0.05) is 24.1 Å². The van der Waals surface area contributed by atoms with Crippen molar-refractivity contribution in [2.24, 2.45) is 5.92 Å². The Morgan fingerprint density at radius 1 is 1.00 bits per heavy atom. The maximum Gasteiger partial charge on any atom is 0.294 e. The lowest BCUT2D eigenvalue weighted by molar-refractivity contribution is -0.383. The van der Waals surface area contributed by atoms with Gasteiger partial charge in [0.05, 0.1) is 10.6 Å². The average molecular weight is 417 g/mol. The highest BCUT2D eigenvalue weighted by Gasteiger charge is 2.37. The lowest BCUT2D eigenvalue weighted by atomic mass is 10.1. The topological polar surface area (TPSA) is 102 Å². The van der Waals surface area contributed by atoms with E-state index in [4.69, 9.17) is 4.74 Å². The van der Waals surface area contributed by atoms with Gasteiger partial charge in [0.25, 0.3) is 5.69 Å². The van der Waals surface area contributed by atoms with E-state index in [1.54, 1.807) is 31.2 Å². The molecule has 1 N–H and O–H groups in total. The molecule has 1 atom stereocenters. The zero-order chi connectivity index (χ0) is 22.0. The van der Waals surface area contributed by atoms with Gasteiger partial charge in [0.2, 0.25) is 11.8 Å². The third-order valence-corrected chi connectivity index (χ3v) is 4.92. The number of ether oxygens (including phenoxy) is 1. The van der Waals surface area contributed by atoms with E-state index in [0.29, 0.717) is 17.2 Å². The van der Waals surface area contributed by atoms with E-state index in [2.05, 4.69) is 5.32 Å². The summed E-state index contributed by atoms with van der Waals surface area (Å²) in [7, 11) is 0. The second-order valence-corrected chi connectivity index (χ2v) is 7.20. The van der Waals surface area contributed by atoms with Crippen LogP contribution in [0.5, 0.6) is 11.5 Å². The molecule has 0 unspecified atom stereocenters. The Morgan fingerprint density at radius 3 is 2.29 bits per heavy atom. The molecular weight excluding hydrogens is 398 g/mol. The van der Waals surface area contributed by atoms with Gasteiger partial charge < -0.3 is 10.1 Å². The zero-order valence-corrected chi connectivity index (χ0v) is 16.6. The first-order chi connectivity index (χ1) is 14.9. The molecule has 1 fully saturated rings. The Bertz CT molecular complexity index is 1150. The summed E-state index contributed by atoms with van der Waals surface area (Å²) < 4.78 is 5.74. The van der Waals surface area contributed by atoms with E-state index in [1.165, 1.54) is 18.2 Å². The number of nitro groups is 1. The van der Waals surface area contributed by atoms with Crippen molar-refractivity contribution in [2.75, 3.05) is 10.2 Å². The van der Waals surface area contributed by atoms with Crippen molar-refractivity contribution >= 4 is 34.6 Å². The van der Waals surface area contributed by atoms with Crippen LogP contribution in [0.2, 0.25) is 0 Å². The molecule has 1 saturated heterocycles. The van der Waals surface area contributed by atoms with Crippen molar-refractivity contribution in [3.8, 4) is 11.5 Å². The summed E-state index contributed by atoms with van der Waals surface area (Å²) >= 11 is 0. The molecule has 156 valence electrons. The molecule has 31 heavy (non-hydrogen) atoms. The van der Waals surface area contributed by atoms with Gasteiger partial charge in [-0.3, -0.25) is 24.6 Å². The number of carbonyl (C=O) groups is 2. The summed E-state index contributed by atoms with van der Waals surface area (Å²) in [5.41, 5.74) is 0.835. The van der Waals surface area contributed by atoms with Crippen molar-refractivity contribution in [2.45, 2.75) is 13.3 Å². The van der Waals surface area contributed by atoms with Crippen LogP contribution in [0.4, 0.5) is 22.7 Å². The summed E-state index contributed by atoms with van der Waals surface area (Å²) in [6.45, 7) is 1.66.